The fourth-order valence-electron chi connectivity index (χ4n) is 1.14. The van der Waals surface area contributed by atoms with Crippen molar-refractivity contribution in [3.63, 3.8) is 0 Å². The molecule has 0 aliphatic heterocycles. The number of aryl methyl sites for hydroxylation is 1. The highest BCUT2D eigenvalue weighted by molar-refractivity contribution is 5.85. The van der Waals surface area contributed by atoms with Crippen LogP contribution in [0.3, 0.4) is 0 Å². The molecule has 3 N–H and O–H groups in total. The summed E-state index contributed by atoms with van der Waals surface area (Å²) in [7, 11) is 1.29. The number of rotatable bonds is 2. The lowest BCUT2D eigenvalue weighted by Gasteiger charge is -2.10. The van der Waals surface area contributed by atoms with Gasteiger partial charge in [-0.15, -0.1) is 12.4 Å². The van der Waals surface area contributed by atoms with Gasteiger partial charge in [-0.25, -0.2) is 0 Å². The lowest BCUT2D eigenvalue weighted by Crippen LogP contribution is -2.22. The third-order valence-corrected chi connectivity index (χ3v) is 2.04. The lowest BCUT2D eigenvalue weighted by atomic mass is 10.0. The van der Waals surface area contributed by atoms with Crippen molar-refractivity contribution in [2.75, 3.05) is 7.11 Å². The molecule has 0 aliphatic rings. The molecule has 0 spiro atoms. The first-order valence-electron chi connectivity index (χ1n) is 4.19. The molecule has 0 saturated heterocycles. The molecular weight excluding hydrogens is 218 g/mol. The predicted molar refractivity (Wildman–Crippen MR) is 59.0 cm³/mol. The summed E-state index contributed by atoms with van der Waals surface area (Å²) in [6, 6.07) is 3.98. The van der Waals surface area contributed by atoms with E-state index in [9.17, 15) is 9.90 Å². The van der Waals surface area contributed by atoms with E-state index in [1.807, 2.05) is 0 Å². The van der Waals surface area contributed by atoms with Crippen LogP contribution in [0, 0.1) is 6.92 Å². The van der Waals surface area contributed by atoms with Crippen LogP contribution in [-0.2, 0) is 9.53 Å². The minimum atomic E-state index is -0.792. The summed E-state index contributed by atoms with van der Waals surface area (Å²) in [5.74, 6) is -0.305. The molecule has 84 valence electrons. The Morgan fingerprint density at radius 2 is 2.13 bits per heavy atom. The number of phenols is 1. The van der Waals surface area contributed by atoms with Gasteiger partial charge in [-0.1, -0.05) is 12.1 Å². The second-order valence-electron chi connectivity index (χ2n) is 3.05. The number of halogens is 1. The van der Waals surface area contributed by atoms with E-state index in [4.69, 9.17) is 5.73 Å². The summed E-state index contributed by atoms with van der Waals surface area (Å²) in [5.41, 5.74) is 6.93. The molecule has 0 aromatic heterocycles. The van der Waals surface area contributed by atoms with Gasteiger partial charge in [0.1, 0.15) is 11.8 Å². The minimum Gasteiger partial charge on any atom is -0.508 e. The number of hydrogen-bond acceptors (Lipinski definition) is 4. The summed E-state index contributed by atoms with van der Waals surface area (Å²) >= 11 is 0. The average Bonchev–Trinajstić information content (AvgIpc) is 2.20. The van der Waals surface area contributed by atoms with Crippen LogP contribution in [0.25, 0.3) is 0 Å². The van der Waals surface area contributed by atoms with E-state index in [1.165, 1.54) is 13.2 Å². The number of carbonyl (C=O) groups excluding carboxylic acids is 1. The normalized spacial score (nSPS) is 11.4. The summed E-state index contributed by atoms with van der Waals surface area (Å²) < 4.78 is 4.51. The number of ether oxygens (including phenoxy) is 1. The quantitative estimate of drug-likeness (QED) is 0.753. The minimum absolute atomic E-state index is 0. The summed E-state index contributed by atoms with van der Waals surface area (Å²) in [5, 5.41) is 9.26. The molecule has 1 rings (SSSR count). The van der Waals surface area contributed by atoms with E-state index >= 15 is 0 Å². The van der Waals surface area contributed by atoms with Gasteiger partial charge in [-0.05, 0) is 24.1 Å². The molecule has 0 bridgehead atoms. The maximum atomic E-state index is 11.1. The van der Waals surface area contributed by atoms with E-state index in [-0.39, 0.29) is 18.2 Å². The molecule has 1 aromatic carbocycles. The van der Waals surface area contributed by atoms with E-state index < -0.39 is 12.0 Å². The summed E-state index contributed by atoms with van der Waals surface area (Å²) in [6.07, 6.45) is 0. The molecule has 4 nitrogen and oxygen atoms in total. The number of benzene rings is 1. The van der Waals surface area contributed by atoms with E-state index in [0.29, 0.717) is 11.1 Å². The molecule has 1 aromatic rings. The number of nitrogens with two attached hydrogens (primary N) is 1. The molecular formula is C10H14ClNO3. The first-order valence-corrected chi connectivity index (χ1v) is 4.19. The molecule has 0 aliphatic carbocycles. The molecule has 15 heavy (non-hydrogen) atoms. The van der Waals surface area contributed by atoms with E-state index in [1.54, 1.807) is 19.1 Å². The number of esters is 1. The highest BCUT2D eigenvalue weighted by Crippen LogP contribution is 2.20. The predicted octanol–water partition coefficient (Wildman–Crippen LogP) is 1.30. The Morgan fingerprint density at radius 1 is 1.53 bits per heavy atom. The van der Waals surface area contributed by atoms with Gasteiger partial charge >= 0.3 is 5.97 Å². The smallest absolute Gasteiger partial charge is 0.327 e. The van der Waals surface area contributed by atoms with Crippen LogP contribution >= 0.6 is 12.4 Å². The Balaban J connectivity index is 0.00000196. The molecule has 0 amide bonds. The number of hydrogen-bond donors (Lipinski definition) is 2. The van der Waals surface area contributed by atoms with Gasteiger partial charge in [0.15, 0.2) is 0 Å². The highest BCUT2D eigenvalue weighted by atomic mass is 35.5. The molecule has 5 heteroatoms. The Kier molecular flexibility index (Phi) is 5.11. The van der Waals surface area contributed by atoms with Gasteiger partial charge in [0.05, 0.1) is 7.11 Å². The molecule has 0 heterocycles. The Hall–Kier alpha value is -1.26. The maximum absolute atomic E-state index is 11.1. The second kappa shape index (κ2) is 5.58. The van der Waals surface area contributed by atoms with Crippen molar-refractivity contribution in [1.82, 2.24) is 0 Å². The maximum Gasteiger partial charge on any atom is 0.327 e. The highest BCUT2D eigenvalue weighted by Gasteiger charge is 2.16. The average molecular weight is 232 g/mol. The third kappa shape index (κ3) is 3.11. The molecule has 0 unspecified atom stereocenters. The van der Waals surface area contributed by atoms with Crippen LogP contribution in [0.1, 0.15) is 17.2 Å². The van der Waals surface area contributed by atoms with Crippen molar-refractivity contribution < 1.29 is 14.6 Å². The summed E-state index contributed by atoms with van der Waals surface area (Å²) in [6.45, 7) is 1.74. The zero-order chi connectivity index (χ0) is 10.7. The zero-order valence-electron chi connectivity index (χ0n) is 8.56. The number of aromatic hydroxyl groups is 1. The van der Waals surface area contributed by atoms with Gasteiger partial charge in [0.25, 0.3) is 0 Å². The van der Waals surface area contributed by atoms with Gasteiger partial charge in [-0.2, -0.15) is 0 Å². The van der Waals surface area contributed by atoms with Crippen LogP contribution in [0.5, 0.6) is 5.75 Å². The van der Waals surface area contributed by atoms with Crippen molar-refractivity contribution >= 4 is 18.4 Å². The third-order valence-electron chi connectivity index (χ3n) is 2.04. The van der Waals surface area contributed by atoms with Gasteiger partial charge < -0.3 is 15.6 Å². The van der Waals surface area contributed by atoms with Gasteiger partial charge in [0, 0.05) is 0 Å². The van der Waals surface area contributed by atoms with E-state index in [0.717, 1.165) is 0 Å². The van der Waals surface area contributed by atoms with Crippen molar-refractivity contribution in [2.45, 2.75) is 13.0 Å². The fraction of sp³-hybridized carbons (Fsp3) is 0.300. The first-order chi connectivity index (χ1) is 6.56. The van der Waals surface area contributed by atoms with Crippen LogP contribution in [0.2, 0.25) is 0 Å². The molecule has 0 fully saturated rings. The molecule has 0 saturated carbocycles. The van der Waals surface area contributed by atoms with Crippen LogP contribution in [-0.4, -0.2) is 18.2 Å². The van der Waals surface area contributed by atoms with Crippen LogP contribution in [0.15, 0.2) is 18.2 Å². The Morgan fingerprint density at radius 3 is 2.60 bits per heavy atom. The van der Waals surface area contributed by atoms with E-state index in [2.05, 4.69) is 4.74 Å². The lowest BCUT2D eigenvalue weighted by molar-refractivity contribution is -0.142. The SMILES string of the molecule is COC(=O)[C@H](N)c1ccc(O)c(C)c1.Cl. The van der Waals surface area contributed by atoms with Gasteiger partial charge in [-0.3, -0.25) is 4.79 Å². The van der Waals surface area contributed by atoms with Crippen molar-refractivity contribution in [2.24, 2.45) is 5.73 Å². The topological polar surface area (TPSA) is 72.5 Å². The number of carbonyl (C=O) groups is 1. The van der Waals surface area contributed by atoms with Crippen LogP contribution < -0.4 is 5.73 Å². The van der Waals surface area contributed by atoms with Crippen LogP contribution in [0.4, 0.5) is 0 Å². The monoisotopic (exact) mass is 231 g/mol. The van der Waals surface area contributed by atoms with Crippen molar-refractivity contribution in [3.8, 4) is 5.75 Å². The standard InChI is InChI=1S/C10H13NO3.ClH/c1-6-5-7(3-4-8(6)12)9(11)10(13)14-2;/h3-5,9,12H,11H2,1-2H3;1H/t9-;/m1./s1. The summed E-state index contributed by atoms with van der Waals surface area (Å²) in [4.78, 5) is 11.1. The number of methoxy groups -OCH3 is 1. The Bertz CT molecular complexity index is 355. The fourth-order valence-corrected chi connectivity index (χ4v) is 1.14. The second-order valence-corrected chi connectivity index (χ2v) is 3.05. The van der Waals surface area contributed by atoms with Crippen molar-refractivity contribution in [3.05, 3.63) is 29.3 Å². The van der Waals surface area contributed by atoms with Crippen molar-refractivity contribution in [1.29, 1.82) is 0 Å². The first kappa shape index (κ1) is 13.7. The molecule has 0 radical (unpaired) electrons. The molecule has 1 atom stereocenters. The van der Waals surface area contributed by atoms with Gasteiger partial charge in [0.2, 0.25) is 0 Å². The largest absolute Gasteiger partial charge is 0.508 e. The number of phenolic OH excluding ortho intramolecular Hbond substituents is 1. The Labute approximate surface area is 94.5 Å². The zero-order valence-corrected chi connectivity index (χ0v) is 9.38.